The minimum atomic E-state index is 0.372. The number of halogens is 2. The molecular weight excluding hydrogens is 293 g/mol. The predicted octanol–water partition coefficient (Wildman–Crippen LogP) is 4.63. The first-order valence-corrected chi connectivity index (χ1v) is 7.22. The topological polar surface area (TPSA) is 35.2 Å². The van der Waals surface area contributed by atoms with E-state index in [2.05, 4.69) is 19.1 Å². The Balaban J connectivity index is 2.00. The minimum Gasteiger partial charge on any atom is -0.489 e. The second-order valence-electron chi connectivity index (χ2n) is 4.77. The van der Waals surface area contributed by atoms with E-state index in [0.717, 1.165) is 5.56 Å². The lowest BCUT2D eigenvalue weighted by molar-refractivity contribution is 0.306. The van der Waals surface area contributed by atoms with Crippen molar-refractivity contribution in [2.24, 2.45) is 5.73 Å². The summed E-state index contributed by atoms with van der Waals surface area (Å²) >= 11 is 11.9. The van der Waals surface area contributed by atoms with Crippen LogP contribution in [0, 0.1) is 0 Å². The molecule has 0 aromatic heterocycles. The predicted molar refractivity (Wildman–Crippen MR) is 84.7 cm³/mol. The molecule has 0 fully saturated rings. The van der Waals surface area contributed by atoms with E-state index in [1.807, 2.05) is 12.1 Å². The Morgan fingerprint density at radius 1 is 1.05 bits per heavy atom. The van der Waals surface area contributed by atoms with E-state index < -0.39 is 0 Å². The van der Waals surface area contributed by atoms with E-state index in [1.165, 1.54) is 5.56 Å². The molecule has 0 spiro atoms. The van der Waals surface area contributed by atoms with Crippen LogP contribution < -0.4 is 10.5 Å². The van der Waals surface area contributed by atoms with Crippen LogP contribution in [0.5, 0.6) is 5.75 Å². The maximum Gasteiger partial charge on any atom is 0.122 e. The fourth-order valence-electron chi connectivity index (χ4n) is 1.86. The lowest BCUT2D eigenvalue weighted by atomic mass is 10.0. The molecule has 1 unspecified atom stereocenters. The Kier molecular flexibility index (Phi) is 5.30. The molecular formula is C16H17Cl2NO. The second kappa shape index (κ2) is 6.98. The number of ether oxygens (including phenoxy) is 1. The molecule has 0 radical (unpaired) electrons. The van der Waals surface area contributed by atoms with Crippen molar-refractivity contribution in [1.29, 1.82) is 0 Å². The summed E-state index contributed by atoms with van der Waals surface area (Å²) in [6, 6.07) is 13.4. The molecule has 2 N–H and O–H groups in total. The first-order valence-electron chi connectivity index (χ1n) is 6.46. The summed E-state index contributed by atoms with van der Waals surface area (Å²) in [5.41, 5.74) is 7.99. The van der Waals surface area contributed by atoms with E-state index in [0.29, 0.717) is 34.9 Å². The summed E-state index contributed by atoms with van der Waals surface area (Å²) in [6.45, 7) is 3.24. The number of hydrogen-bond acceptors (Lipinski definition) is 2. The molecule has 0 aliphatic carbocycles. The number of hydrogen-bond donors (Lipinski definition) is 1. The van der Waals surface area contributed by atoms with E-state index >= 15 is 0 Å². The van der Waals surface area contributed by atoms with Crippen molar-refractivity contribution < 1.29 is 4.74 Å². The molecule has 2 aromatic rings. The molecule has 2 aromatic carbocycles. The molecule has 0 amide bonds. The first-order chi connectivity index (χ1) is 9.58. The van der Waals surface area contributed by atoms with Crippen LogP contribution in [0.3, 0.4) is 0 Å². The number of rotatable bonds is 5. The second-order valence-corrected chi connectivity index (χ2v) is 5.65. The third kappa shape index (κ3) is 4.14. The zero-order chi connectivity index (χ0) is 14.5. The van der Waals surface area contributed by atoms with Gasteiger partial charge in [0.15, 0.2) is 0 Å². The summed E-state index contributed by atoms with van der Waals surface area (Å²) in [4.78, 5) is 0. The molecule has 0 aliphatic heterocycles. The maximum atomic E-state index is 5.93. The maximum absolute atomic E-state index is 5.93. The van der Waals surface area contributed by atoms with Crippen LogP contribution in [0.1, 0.15) is 24.0 Å². The van der Waals surface area contributed by atoms with Gasteiger partial charge >= 0.3 is 0 Å². The summed E-state index contributed by atoms with van der Waals surface area (Å²) in [5.74, 6) is 1.04. The third-order valence-electron chi connectivity index (χ3n) is 3.14. The zero-order valence-corrected chi connectivity index (χ0v) is 12.8. The molecule has 20 heavy (non-hydrogen) atoms. The van der Waals surface area contributed by atoms with Crippen molar-refractivity contribution in [3.05, 3.63) is 63.6 Å². The van der Waals surface area contributed by atoms with Gasteiger partial charge in [0.2, 0.25) is 0 Å². The van der Waals surface area contributed by atoms with E-state index in [-0.39, 0.29) is 0 Å². The lowest BCUT2D eigenvalue weighted by Gasteiger charge is -2.11. The highest BCUT2D eigenvalue weighted by Crippen LogP contribution is 2.25. The van der Waals surface area contributed by atoms with E-state index in [1.54, 1.807) is 18.2 Å². The van der Waals surface area contributed by atoms with Crippen LogP contribution in [0.2, 0.25) is 10.0 Å². The van der Waals surface area contributed by atoms with Crippen molar-refractivity contribution in [2.45, 2.75) is 19.4 Å². The minimum absolute atomic E-state index is 0.372. The van der Waals surface area contributed by atoms with Gasteiger partial charge < -0.3 is 10.5 Å². The van der Waals surface area contributed by atoms with Gasteiger partial charge in [-0.2, -0.15) is 0 Å². The van der Waals surface area contributed by atoms with Gasteiger partial charge in [0.1, 0.15) is 12.4 Å². The zero-order valence-electron chi connectivity index (χ0n) is 11.3. The van der Waals surface area contributed by atoms with E-state index in [9.17, 15) is 0 Å². The smallest absolute Gasteiger partial charge is 0.122 e. The molecule has 0 saturated carbocycles. The standard InChI is InChI=1S/C16H17Cl2NO/c1-11(9-19)13-4-2-12(3-5-13)10-20-16-7-14(17)6-15(18)8-16/h2-8,11H,9-10,19H2,1H3. The van der Waals surface area contributed by atoms with Crippen molar-refractivity contribution in [3.63, 3.8) is 0 Å². The van der Waals surface area contributed by atoms with E-state index in [4.69, 9.17) is 33.7 Å². The fourth-order valence-corrected chi connectivity index (χ4v) is 2.36. The molecule has 1 atom stereocenters. The van der Waals surface area contributed by atoms with Gasteiger partial charge in [-0.3, -0.25) is 0 Å². The molecule has 0 heterocycles. The quantitative estimate of drug-likeness (QED) is 0.873. The van der Waals surface area contributed by atoms with Crippen LogP contribution >= 0.6 is 23.2 Å². The van der Waals surface area contributed by atoms with Crippen molar-refractivity contribution in [2.75, 3.05) is 6.54 Å². The fraction of sp³-hybridized carbons (Fsp3) is 0.250. The van der Waals surface area contributed by atoms with Crippen molar-refractivity contribution in [1.82, 2.24) is 0 Å². The van der Waals surface area contributed by atoms with Gasteiger partial charge in [-0.1, -0.05) is 54.4 Å². The summed E-state index contributed by atoms with van der Waals surface area (Å²) in [6.07, 6.45) is 0. The van der Waals surface area contributed by atoms with Gasteiger partial charge in [-0.05, 0) is 41.8 Å². The lowest BCUT2D eigenvalue weighted by Crippen LogP contribution is -2.08. The van der Waals surface area contributed by atoms with Gasteiger partial charge in [-0.15, -0.1) is 0 Å². The summed E-state index contributed by atoms with van der Waals surface area (Å²) in [7, 11) is 0. The van der Waals surface area contributed by atoms with Crippen molar-refractivity contribution >= 4 is 23.2 Å². The average molecular weight is 310 g/mol. The Morgan fingerprint density at radius 3 is 2.20 bits per heavy atom. The van der Waals surface area contributed by atoms with Gasteiger partial charge in [0.05, 0.1) is 0 Å². The van der Waals surface area contributed by atoms with Crippen LogP contribution in [0.4, 0.5) is 0 Å². The first kappa shape index (κ1) is 15.2. The molecule has 106 valence electrons. The Bertz CT molecular complexity index is 549. The molecule has 0 saturated heterocycles. The highest BCUT2D eigenvalue weighted by Gasteiger charge is 2.04. The highest BCUT2D eigenvalue weighted by atomic mass is 35.5. The summed E-state index contributed by atoms with van der Waals surface area (Å²) in [5, 5.41) is 1.14. The van der Waals surface area contributed by atoms with Crippen LogP contribution in [-0.2, 0) is 6.61 Å². The third-order valence-corrected chi connectivity index (χ3v) is 3.58. The molecule has 2 rings (SSSR count). The van der Waals surface area contributed by atoms with Gasteiger partial charge in [-0.25, -0.2) is 0 Å². The molecule has 0 aliphatic rings. The molecule has 2 nitrogen and oxygen atoms in total. The highest BCUT2D eigenvalue weighted by molar-refractivity contribution is 6.34. The number of benzene rings is 2. The summed E-state index contributed by atoms with van der Waals surface area (Å²) < 4.78 is 5.69. The normalized spacial score (nSPS) is 12.2. The molecule has 0 bridgehead atoms. The van der Waals surface area contributed by atoms with Crippen LogP contribution in [0.15, 0.2) is 42.5 Å². The van der Waals surface area contributed by atoms with Crippen LogP contribution in [-0.4, -0.2) is 6.54 Å². The molecule has 4 heteroatoms. The SMILES string of the molecule is CC(CN)c1ccc(COc2cc(Cl)cc(Cl)c2)cc1. The Labute approximate surface area is 129 Å². The van der Waals surface area contributed by atoms with Gasteiger partial charge in [0.25, 0.3) is 0 Å². The monoisotopic (exact) mass is 309 g/mol. The van der Waals surface area contributed by atoms with Gasteiger partial charge in [0, 0.05) is 10.0 Å². The Hall–Kier alpha value is -1.22. The Morgan fingerprint density at radius 2 is 1.65 bits per heavy atom. The largest absolute Gasteiger partial charge is 0.489 e. The van der Waals surface area contributed by atoms with Crippen molar-refractivity contribution in [3.8, 4) is 5.75 Å². The van der Waals surface area contributed by atoms with Crippen LogP contribution in [0.25, 0.3) is 0 Å². The average Bonchev–Trinajstić information content (AvgIpc) is 2.44. The number of nitrogens with two attached hydrogens (primary N) is 1.